The van der Waals surface area contributed by atoms with Crippen LogP contribution in [0.4, 0.5) is 17.1 Å². The Morgan fingerprint density at radius 1 is 0.421 bits per heavy atom. The summed E-state index contributed by atoms with van der Waals surface area (Å²) >= 11 is 3.58. The van der Waals surface area contributed by atoms with Crippen molar-refractivity contribution in [3.63, 3.8) is 0 Å². The van der Waals surface area contributed by atoms with Crippen LogP contribution in [0.2, 0.25) is 0 Å². The fourth-order valence-corrected chi connectivity index (χ4v) is 5.00. The van der Waals surface area contributed by atoms with E-state index in [1.807, 2.05) is 13.8 Å². The largest absolute Gasteiger partial charge is 0.311 e. The van der Waals surface area contributed by atoms with Gasteiger partial charge in [0.1, 0.15) is 0 Å². The minimum atomic E-state index is 1.07. The van der Waals surface area contributed by atoms with Crippen molar-refractivity contribution in [2.75, 3.05) is 4.90 Å². The molecule has 0 N–H and O–H groups in total. The highest BCUT2D eigenvalue weighted by Gasteiger charge is 2.13. The minimum Gasteiger partial charge on any atom is -0.311 e. The van der Waals surface area contributed by atoms with Crippen molar-refractivity contribution < 1.29 is 0 Å². The van der Waals surface area contributed by atoms with E-state index in [-0.39, 0.29) is 0 Å². The van der Waals surface area contributed by atoms with Gasteiger partial charge in [0.25, 0.3) is 0 Å². The molecule has 0 fully saturated rings. The highest BCUT2D eigenvalue weighted by Crippen LogP contribution is 2.38. The second-order valence-electron chi connectivity index (χ2n) is 8.80. The van der Waals surface area contributed by atoms with Crippen molar-refractivity contribution in [2.45, 2.75) is 13.8 Å². The van der Waals surface area contributed by atoms with Gasteiger partial charge in [-0.15, -0.1) is 0 Å². The predicted molar refractivity (Wildman–Crippen MR) is 169 cm³/mol. The molecule has 2 heteroatoms. The van der Waals surface area contributed by atoms with Crippen LogP contribution >= 0.6 is 15.9 Å². The molecule has 6 aromatic carbocycles. The Kier molecular flexibility index (Phi) is 8.01. The molecular weight excluding hydrogens is 526 g/mol. The maximum absolute atomic E-state index is 3.58. The molecule has 0 bridgehead atoms. The molecule has 0 saturated heterocycles. The summed E-state index contributed by atoms with van der Waals surface area (Å²) in [7, 11) is 0. The molecule has 0 heterocycles. The highest BCUT2D eigenvalue weighted by molar-refractivity contribution is 9.10. The molecule has 38 heavy (non-hydrogen) atoms. The third-order valence-electron chi connectivity index (χ3n) is 6.54. The predicted octanol–water partition coefficient (Wildman–Crippen LogP) is 11.4. The number of rotatable bonds is 5. The van der Waals surface area contributed by atoms with Crippen LogP contribution in [0.3, 0.4) is 0 Å². The lowest BCUT2D eigenvalue weighted by molar-refractivity contribution is 1.28. The fourth-order valence-electron chi connectivity index (χ4n) is 4.74. The third-order valence-corrected chi connectivity index (χ3v) is 7.07. The minimum absolute atomic E-state index is 1.07. The molecule has 0 unspecified atom stereocenters. The summed E-state index contributed by atoms with van der Waals surface area (Å²) in [6.07, 6.45) is 0. The Hall–Kier alpha value is -4.14. The average molecular weight is 557 g/mol. The van der Waals surface area contributed by atoms with E-state index >= 15 is 0 Å². The van der Waals surface area contributed by atoms with Crippen LogP contribution in [0.1, 0.15) is 13.8 Å². The molecule has 186 valence electrons. The van der Waals surface area contributed by atoms with Gasteiger partial charge in [0.2, 0.25) is 0 Å². The molecule has 0 aromatic heterocycles. The molecule has 6 rings (SSSR count). The maximum Gasteiger partial charge on any atom is 0.0462 e. The molecule has 0 aliphatic rings. The quantitative estimate of drug-likeness (QED) is 0.204. The van der Waals surface area contributed by atoms with Gasteiger partial charge in [0.15, 0.2) is 0 Å². The van der Waals surface area contributed by atoms with Crippen molar-refractivity contribution in [3.8, 4) is 22.3 Å². The van der Waals surface area contributed by atoms with E-state index in [1.165, 1.54) is 33.0 Å². The second kappa shape index (κ2) is 11.9. The summed E-state index contributed by atoms with van der Waals surface area (Å²) in [5, 5.41) is 2.53. The van der Waals surface area contributed by atoms with Gasteiger partial charge in [0.05, 0.1) is 0 Å². The molecule has 0 saturated carbocycles. The van der Waals surface area contributed by atoms with E-state index < -0.39 is 0 Å². The van der Waals surface area contributed by atoms with Crippen LogP contribution in [0.25, 0.3) is 33.0 Å². The van der Waals surface area contributed by atoms with Crippen molar-refractivity contribution in [1.29, 1.82) is 0 Å². The molecule has 0 atom stereocenters. The fraction of sp³-hybridized carbons (Fsp3) is 0.0556. The van der Waals surface area contributed by atoms with Crippen molar-refractivity contribution in [1.82, 2.24) is 0 Å². The van der Waals surface area contributed by atoms with Crippen LogP contribution in [-0.2, 0) is 0 Å². The first-order valence-electron chi connectivity index (χ1n) is 13.1. The van der Waals surface area contributed by atoms with Crippen molar-refractivity contribution in [2.24, 2.45) is 0 Å². The molecule has 0 aliphatic heterocycles. The summed E-state index contributed by atoms with van der Waals surface area (Å²) in [6.45, 7) is 4.00. The number of fused-ring (bicyclic) bond motifs is 1. The summed E-state index contributed by atoms with van der Waals surface area (Å²) < 4.78 is 1.07. The summed E-state index contributed by atoms with van der Waals surface area (Å²) in [6, 6.07) is 51.7. The van der Waals surface area contributed by atoms with Gasteiger partial charge in [-0.1, -0.05) is 127 Å². The van der Waals surface area contributed by atoms with Gasteiger partial charge in [0, 0.05) is 21.5 Å². The van der Waals surface area contributed by atoms with E-state index in [4.69, 9.17) is 0 Å². The second-order valence-corrected chi connectivity index (χ2v) is 9.71. The summed E-state index contributed by atoms with van der Waals surface area (Å²) in [5.74, 6) is 0. The van der Waals surface area contributed by atoms with Crippen LogP contribution in [-0.4, -0.2) is 0 Å². The number of hydrogen-bond acceptors (Lipinski definition) is 1. The number of hydrogen-bond donors (Lipinski definition) is 0. The maximum atomic E-state index is 3.58. The smallest absolute Gasteiger partial charge is 0.0462 e. The first-order valence-corrected chi connectivity index (χ1v) is 13.8. The van der Waals surface area contributed by atoms with E-state index in [1.54, 1.807) is 0 Å². The Morgan fingerprint density at radius 2 is 0.895 bits per heavy atom. The lowest BCUT2D eigenvalue weighted by Crippen LogP contribution is -2.09. The third kappa shape index (κ3) is 5.41. The topological polar surface area (TPSA) is 3.24 Å². The van der Waals surface area contributed by atoms with E-state index in [0.717, 1.165) is 21.5 Å². The van der Waals surface area contributed by atoms with Gasteiger partial charge < -0.3 is 4.90 Å². The number of nitrogens with zero attached hydrogens (tertiary/aromatic N) is 1. The van der Waals surface area contributed by atoms with Crippen LogP contribution in [0.5, 0.6) is 0 Å². The summed E-state index contributed by atoms with van der Waals surface area (Å²) in [5.41, 5.74) is 8.25. The van der Waals surface area contributed by atoms with Gasteiger partial charge in [-0.25, -0.2) is 0 Å². The van der Waals surface area contributed by atoms with Gasteiger partial charge in [-0.2, -0.15) is 0 Å². The van der Waals surface area contributed by atoms with Gasteiger partial charge in [-0.05, 0) is 81.6 Å². The van der Waals surface area contributed by atoms with Crippen molar-refractivity contribution >= 4 is 43.8 Å². The van der Waals surface area contributed by atoms with Crippen LogP contribution in [0, 0.1) is 0 Å². The Labute approximate surface area is 234 Å². The monoisotopic (exact) mass is 555 g/mol. The van der Waals surface area contributed by atoms with Crippen molar-refractivity contribution in [3.05, 3.63) is 150 Å². The molecule has 0 aliphatic carbocycles. The first-order chi connectivity index (χ1) is 18.8. The Bertz CT molecular complexity index is 1600. The number of halogens is 1. The molecule has 0 radical (unpaired) electrons. The van der Waals surface area contributed by atoms with E-state index in [9.17, 15) is 0 Å². The first kappa shape index (κ1) is 25.5. The Balaban J connectivity index is 0.00000144. The van der Waals surface area contributed by atoms with Crippen LogP contribution < -0.4 is 4.90 Å². The molecule has 0 spiro atoms. The normalized spacial score (nSPS) is 10.5. The Morgan fingerprint density at radius 3 is 1.53 bits per heavy atom. The van der Waals surface area contributed by atoms with E-state index in [2.05, 4.69) is 166 Å². The standard InChI is InChI=1S/C34H24BrN.C2H6/c35-29-17-23-32(24-18-29)36(30-19-13-26(14-20-30)25-7-2-1-3-8-25)31-21-15-28(16-22-31)34-12-6-10-27-9-4-5-11-33(27)34;1-2/h1-24H;1-2H3. The number of anilines is 3. The van der Waals surface area contributed by atoms with Gasteiger partial charge >= 0.3 is 0 Å². The SMILES string of the molecule is Brc1ccc(N(c2ccc(-c3ccccc3)cc2)c2ccc(-c3cccc4ccccc34)cc2)cc1.CC. The van der Waals surface area contributed by atoms with Crippen LogP contribution in [0.15, 0.2) is 150 Å². The zero-order valence-electron chi connectivity index (χ0n) is 21.7. The summed E-state index contributed by atoms with van der Waals surface area (Å²) in [4.78, 5) is 2.30. The lowest BCUT2D eigenvalue weighted by Gasteiger charge is -2.26. The molecule has 0 amide bonds. The highest BCUT2D eigenvalue weighted by atomic mass is 79.9. The molecule has 6 aromatic rings. The van der Waals surface area contributed by atoms with Gasteiger partial charge in [-0.3, -0.25) is 0 Å². The lowest BCUT2D eigenvalue weighted by atomic mass is 9.98. The zero-order valence-corrected chi connectivity index (χ0v) is 23.3. The molecule has 1 nitrogen and oxygen atoms in total. The number of benzene rings is 6. The molecular formula is C36H30BrN. The average Bonchev–Trinajstić information content (AvgIpc) is 3.00. The zero-order chi connectivity index (χ0) is 26.3. The van der Waals surface area contributed by atoms with E-state index in [0.29, 0.717) is 0 Å².